The number of esters is 2. The molecule has 0 aromatic rings. The van der Waals surface area contributed by atoms with Crippen LogP contribution in [-0.4, -0.2) is 34.5 Å². The van der Waals surface area contributed by atoms with Crippen molar-refractivity contribution < 1.29 is 23.9 Å². The van der Waals surface area contributed by atoms with Crippen LogP contribution in [0.1, 0.15) is 259 Å². The number of carbonyl (C=O) groups is 3. The van der Waals surface area contributed by atoms with Gasteiger partial charge in [-0.3, -0.25) is 14.4 Å². The normalized spacial score (nSPS) is 16.1. The molecule has 0 aromatic carbocycles. The van der Waals surface area contributed by atoms with E-state index in [4.69, 9.17) is 9.47 Å². The van der Waals surface area contributed by atoms with Gasteiger partial charge in [0.2, 0.25) is 0 Å². The van der Waals surface area contributed by atoms with Crippen LogP contribution in [0.3, 0.4) is 0 Å². The highest BCUT2D eigenvalue weighted by Gasteiger charge is 2.24. The van der Waals surface area contributed by atoms with Gasteiger partial charge in [0.25, 0.3) is 0 Å². The number of unbranched alkanes of at least 4 members (excludes halogenated alkanes) is 16. The van der Waals surface area contributed by atoms with Crippen molar-refractivity contribution in [1.29, 1.82) is 0 Å². The fraction of sp³-hybridized carbons (Fsp3) is 0.938. The second-order valence-electron chi connectivity index (χ2n) is 17.3. The number of hydrogen-bond acceptors (Lipinski definition) is 6. The SMILES string of the molecule is CCCCCCCC(CCCCCCC)OC(=O)CCCC(CCCC(=O)OC(CCCCCCC)CCCCCCC)CC(=O)SC1CCC(C)CC1. The fourth-order valence-corrected chi connectivity index (χ4v) is 9.36. The van der Waals surface area contributed by atoms with E-state index in [-0.39, 0.29) is 30.1 Å². The second-order valence-corrected chi connectivity index (χ2v) is 18.6. The van der Waals surface area contributed by atoms with Gasteiger partial charge >= 0.3 is 11.9 Å². The molecule has 0 N–H and O–H groups in total. The molecule has 0 aromatic heterocycles. The summed E-state index contributed by atoms with van der Waals surface area (Å²) in [7, 11) is 0. The van der Waals surface area contributed by atoms with E-state index in [0.29, 0.717) is 29.6 Å². The number of hydrogen-bond donors (Lipinski definition) is 0. The Balaban J connectivity index is 2.71. The van der Waals surface area contributed by atoms with Gasteiger partial charge in [-0.15, -0.1) is 0 Å². The highest BCUT2D eigenvalue weighted by atomic mass is 32.2. The molecule has 0 atom stereocenters. The first-order chi connectivity index (χ1) is 26.3. The van der Waals surface area contributed by atoms with Gasteiger partial charge in [0.1, 0.15) is 12.2 Å². The molecular weight excluding hydrogens is 689 g/mol. The van der Waals surface area contributed by atoms with Crippen molar-refractivity contribution in [3.63, 3.8) is 0 Å². The maximum atomic E-state index is 13.3. The molecule has 0 amide bonds. The van der Waals surface area contributed by atoms with Crippen LogP contribution in [0.5, 0.6) is 0 Å². The topological polar surface area (TPSA) is 69.7 Å². The summed E-state index contributed by atoms with van der Waals surface area (Å²) < 4.78 is 12.2. The van der Waals surface area contributed by atoms with Crippen molar-refractivity contribution in [1.82, 2.24) is 0 Å². The summed E-state index contributed by atoms with van der Waals surface area (Å²) in [6.45, 7) is 11.3. The van der Waals surface area contributed by atoms with Crippen LogP contribution in [-0.2, 0) is 23.9 Å². The zero-order chi connectivity index (χ0) is 39.5. The van der Waals surface area contributed by atoms with Crippen molar-refractivity contribution in [2.45, 2.75) is 277 Å². The van der Waals surface area contributed by atoms with Crippen LogP contribution in [0.2, 0.25) is 0 Å². The summed E-state index contributed by atoms with van der Waals surface area (Å²) in [5.74, 6) is 0.815. The minimum absolute atomic E-state index is 0.0373. The van der Waals surface area contributed by atoms with E-state index in [0.717, 1.165) is 95.8 Å². The zero-order valence-corrected chi connectivity index (χ0v) is 37.4. The quantitative estimate of drug-likeness (QED) is 0.0462. The lowest BCUT2D eigenvalue weighted by Crippen LogP contribution is -2.20. The van der Waals surface area contributed by atoms with Crippen molar-refractivity contribution in [2.24, 2.45) is 11.8 Å². The van der Waals surface area contributed by atoms with Crippen LogP contribution < -0.4 is 0 Å². The molecule has 0 radical (unpaired) electrons. The summed E-state index contributed by atoms with van der Waals surface area (Å²) in [5, 5.41) is 0.739. The first-order valence-corrected chi connectivity index (χ1v) is 24.8. The van der Waals surface area contributed by atoms with Gasteiger partial charge in [-0.1, -0.05) is 149 Å². The summed E-state index contributed by atoms with van der Waals surface area (Å²) >= 11 is 1.57. The molecule has 6 heteroatoms. The summed E-state index contributed by atoms with van der Waals surface area (Å²) in [5.41, 5.74) is 0. The minimum atomic E-state index is -0.0723. The molecular formula is C48H90O5S. The molecule has 0 bridgehead atoms. The minimum Gasteiger partial charge on any atom is -0.462 e. The third-order valence-corrected chi connectivity index (χ3v) is 13.1. The van der Waals surface area contributed by atoms with Gasteiger partial charge in [0.05, 0.1) is 0 Å². The summed E-state index contributed by atoms with van der Waals surface area (Å²) in [6.07, 6.45) is 37.8. The van der Waals surface area contributed by atoms with Crippen molar-refractivity contribution in [3.05, 3.63) is 0 Å². The Morgan fingerprint density at radius 3 is 1.19 bits per heavy atom. The maximum Gasteiger partial charge on any atom is 0.306 e. The third-order valence-electron chi connectivity index (χ3n) is 11.8. The molecule has 1 rings (SSSR count). The lowest BCUT2D eigenvalue weighted by atomic mass is 9.91. The molecule has 1 fully saturated rings. The number of carbonyl (C=O) groups excluding carboxylic acids is 3. The van der Waals surface area contributed by atoms with Crippen LogP contribution in [0, 0.1) is 11.8 Å². The predicted octanol–water partition coefficient (Wildman–Crippen LogP) is 15.4. The van der Waals surface area contributed by atoms with E-state index in [2.05, 4.69) is 34.6 Å². The van der Waals surface area contributed by atoms with E-state index in [9.17, 15) is 14.4 Å². The number of rotatable bonds is 37. The Bertz CT molecular complexity index is 804. The Morgan fingerprint density at radius 2 is 0.833 bits per heavy atom. The second kappa shape index (κ2) is 36.3. The largest absolute Gasteiger partial charge is 0.462 e. The van der Waals surface area contributed by atoms with E-state index in [1.54, 1.807) is 11.8 Å². The van der Waals surface area contributed by atoms with E-state index >= 15 is 0 Å². The first kappa shape index (κ1) is 51.0. The molecule has 1 aliphatic carbocycles. The monoisotopic (exact) mass is 779 g/mol. The first-order valence-electron chi connectivity index (χ1n) is 23.9. The Labute approximate surface area is 340 Å². The van der Waals surface area contributed by atoms with Gasteiger partial charge in [0, 0.05) is 24.5 Å². The molecule has 1 saturated carbocycles. The Morgan fingerprint density at radius 1 is 0.481 bits per heavy atom. The fourth-order valence-electron chi connectivity index (χ4n) is 8.15. The number of ether oxygens (including phenoxy) is 2. The smallest absolute Gasteiger partial charge is 0.306 e. The van der Waals surface area contributed by atoms with Crippen molar-refractivity contribution in [3.8, 4) is 0 Å². The van der Waals surface area contributed by atoms with Crippen LogP contribution in [0.25, 0.3) is 0 Å². The van der Waals surface area contributed by atoms with Gasteiger partial charge in [0.15, 0.2) is 5.12 Å². The average Bonchev–Trinajstić information content (AvgIpc) is 3.15. The molecule has 0 spiro atoms. The maximum absolute atomic E-state index is 13.3. The zero-order valence-electron chi connectivity index (χ0n) is 36.6. The molecule has 0 unspecified atom stereocenters. The Kier molecular flexibility index (Phi) is 34.3. The van der Waals surface area contributed by atoms with E-state index < -0.39 is 0 Å². The highest BCUT2D eigenvalue weighted by Crippen LogP contribution is 2.34. The van der Waals surface area contributed by atoms with Gasteiger partial charge in [-0.2, -0.15) is 0 Å². The summed E-state index contributed by atoms with van der Waals surface area (Å²) in [6, 6.07) is 0. The van der Waals surface area contributed by atoms with Crippen LogP contribution in [0.15, 0.2) is 0 Å². The third kappa shape index (κ3) is 30.1. The van der Waals surface area contributed by atoms with Gasteiger partial charge in [-0.25, -0.2) is 0 Å². The molecule has 0 aliphatic heterocycles. The molecule has 5 nitrogen and oxygen atoms in total. The highest BCUT2D eigenvalue weighted by molar-refractivity contribution is 8.14. The van der Waals surface area contributed by atoms with E-state index in [1.807, 2.05) is 0 Å². The van der Waals surface area contributed by atoms with E-state index in [1.165, 1.54) is 116 Å². The van der Waals surface area contributed by atoms with Crippen LogP contribution in [0.4, 0.5) is 0 Å². The summed E-state index contributed by atoms with van der Waals surface area (Å²) in [4.78, 5) is 39.6. The standard InChI is InChI=1S/C48H90O5S/c1-6-10-14-18-22-30-43(31-23-19-15-11-7-2)52-46(49)34-26-28-42(40-48(51)54-45-38-36-41(5)37-39-45)29-27-35-47(50)53-44(32-24-20-16-12-8-3)33-25-21-17-13-9-4/h41-45H,6-40H2,1-5H3. The molecule has 0 saturated heterocycles. The Hall–Kier alpha value is -1.04. The van der Waals surface area contributed by atoms with Gasteiger partial charge < -0.3 is 9.47 Å². The lowest BCUT2D eigenvalue weighted by Gasteiger charge is -2.25. The lowest BCUT2D eigenvalue weighted by molar-refractivity contribution is -0.150. The number of thioether (sulfide) groups is 1. The van der Waals surface area contributed by atoms with Crippen LogP contribution >= 0.6 is 11.8 Å². The van der Waals surface area contributed by atoms with Crippen molar-refractivity contribution >= 4 is 28.8 Å². The molecule has 318 valence electrons. The van der Waals surface area contributed by atoms with Gasteiger partial charge in [-0.05, 0) is 115 Å². The predicted molar refractivity (Wildman–Crippen MR) is 233 cm³/mol. The average molecular weight is 779 g/mol. The molecule has 0 heterocycles. The molecule has 54 heavy (non-hydrogen) atoms. The molecule has 1 aliphatic rings. The van der Waals surface area contributed by atoms with Crippen molar-refractivity contribution in [2.75, 3.05) is 0 Å².